The summed E-state index contributed by atoms with van der Waals surface area (Å²) in [5, 5.41) is 2.07. The summed E-state index contributed by atoms with van der Waals surface area (Å²) >= 11 is 0. The summed E-state index contributed by atoms with van der Waals surface area (Å²) in [5.74, 6) is 0.864. The van der Waals surface area contributed by atoms with Crippen LogP contribution in [0.15, 0.2) is 76.2 Å². The molecule has 0 N–H and O–H groups in total. The highest BCUT2D eigenvalue weighted by Crippen LogP contribution is 2.39. The van der Waals surface area contributed by atoms with E-state index < -0.39 is 0 Å². The highest BCUT2D eigenvalue weighted by molar-refractivity contribution is 6.01. The molecule has 2 aliphatic rings. The standard InChI is InChI=1S/C28H34N2O/c1-7-12-20(6)17-21(8-2)28-24-15-13-22(29-9-3)18-26(24)31-27-19-23(14-16-25(27)28)30(10-4)11-5/h7-8,13-19H,1,9-12H2,2-6H3/b20-17?,21-8+,29-22?. The summed E-state index contributed by atoms with van der Waals surface area (Å²) in [4.78, 5) is 6.91. The lowest BCUT2D eigenvalue weighted by atomic mass is 9.92. The van der Waals surface area contributed by atoms with E-state index in [9.17, 15) is 0 Å². The Morgan fingerprint density at radius 1 is 1.10 bits per heavy atom. The molecule has 1 heterocycles. The lowest BCUT2D eigenvalue weighted by molar-refractivity contribution is 0.617. The maximum atomic E-state index is 6.45. The van der Waals surface area contributed by atoms with Crippen LogP contribution in [0, 0.1) is 0 Å². The number of hydrogen-bond donors (Lipinski definition) is 0. The van der Waals surface area contributed by atoms with Crippen molar-refractivity contribution < 1.29 is 4.42 Å². The molecule has 0 atom stereocenters. The average molecular weight is 415 g/mol. The molecule has 1 aromatic rings. The zero-order valence-corrected chi connectivity index (χ0v) is 19.5. The number of anilines is 1. The maximum absolute atomic E-state index is 6.45. The zero-order valence-electron chi connectivity index (χ0n) is 19.5. The Hall–Kier alpha value is -3.07. The Kier molecular flexibility index (Phi) is 7.51. The van der Waals surface area contributed by atoms with Gasteiger partial charge in [-0.3, -0.25) is 4.99 Å². The van der Waals surface area contributed by atoms with Crippen molar-refractivity contribution in [2.75, 3.05) is 24.5 Å². The molecule has 3 heteroatoms. The second-order valence-electron chi connectivity index (χ2n) is 7.71. The van der Waals surface area contributed by atoms with Crippen LogP contribution in [0.3, 0.4) is 0 Å². The lowest BCUT2D eigenvalue weighted by Gasteiger charge is -2.22. The molecule has 0 fully saturated rings. The van der Waals surface area contributed by atoms with Crippen LogP contribution in [-0.2, 0) is 0 Å². The Bertz CT molecular complexity index is 1160. The van der Waals surface area contributed by atoms with Crippen molar-refractivity contribution in [3.8, 4) is 11.3 Å². The number of hydrogen-bond acceptors (Lipinski definition) is 3. The van der Waals surface area contributed by atoms with E-state index in [0.717, 1.165) is 53.7 Å². The first-order valence-electron chi connectivity index (χ1n) is 11.3. The first-order valence-corrected chi connectivity index (χ1v) is 11.3. The van der Waals surface area contributed by atoms with Gasteiger partial charge in [0.25, 0.3) is 0 Å². The van der Waals surface area contributed by atoms with Crippen LogP contribution in [0.4, 0.5) is 5.69 Å². The minimum Gasteiger partial charge on any atom is -0.456 e. The Morgan fingerprint density at radius 2 is 1.87 bits per heavy atom. The normalized spacial score (nSPS) is 13.3. The molecule has 31 heavy (non-hydrogen) atoms. The molecule has 0 bridgehead atoms. The zero-order chi connectivity index (χ0) is 22.4. The summed E-state index contributed by atoms with van der Waals surface area (Å²) in [5.41, 5.74) is 6.87. The molecular formula is C28H34N2O. The number of allylic oxidation sites excluding steroid dienone is 5. The number of nitrogens with zero attached hydrogens (tertiary/aromatic N) is 2. The van der Waals surface area contributed by atoms with E-state index in [0.29, 0.717) is 0 Å². The van der Waals surface area contributed by atoms with E-state index in [1.807, 2.05) is 6.08 Å². The van der Waals surface area contributed by atoms with Crippen molar-refractivity contribution in [1.82, 2.24) is 0 Å². The summed E-state index contributed by atoms with van der Waals surface area (Å²) in [6.07, 6.45) is 7.27. The highest BCUT2D eigenvalue weighted by Gasteiger charge is 2.18. The first-order chi connectivity index (χ1) is 15.1. The van der Waals surface area contributed by atoms with Gasteiger partial charge in [0.2, 0.25) is 0 Å². The smallest absolute Gasteiger partial charge is 0.137 e. The topological polar surface area (TPSA) is 28.7 Å². The van der Waals surface area contributed by atoms with Crippen molar-refractivity contribution in [1.29, 1.82) is 0 Å². The molecule has 1 aliphatic carbocycles. The fourth-order valence-electron chi connectivity index (χ4n) is 4.10. The van der Waals surface area contributed by atoms with Gasteiger partial charge in [0.05, 0.1) is 5.36 Å². The Labute approximate surface area is 186 Å². The van der Waals surface area contributed by atoms with Crippen molar-refractivity contribution in [3.05, 3.63) is 77.7 Å². The Morgan fingerprint density at radius 3 is 2.52 bits per heavy atom. The third-order valence-corrected chi connectivity index (χ3v) is 5.63. The van der Waals surface area contributed by atoms with Gasteiger partial charge in [-0.15, -0.1) is 6.58 Å². The molecule has 0 amide bonds. The molecule has 0 saturated heterocycles. The van der Waals surface area contributed by atoms with Gasteiger partial charge in [0, 0.05) is 54.0 Å². The van der Waals surface area contributed by atoms with Gasteiger partial charge in [0.1, 0.15) is 11.3 Å². The van der Waals surface area contributed by atoms with E-state index in [2.05, 4.69) is 99.6 Å². The second-order valence-corrected chi connectivity index (χ2v) is 7.71. The van der Waals surface area contributed by atoms with Gasteiger partial charge < -0.3 is 9.32 Å². The average Bonchev–Trinajstić information content (AvgIpc) is 2.77. The summed E-state index contributed by atoms with van der Waals surface area (Å²) in [6, 6.07) is 12.8. The molecule has 3 nitrogen and oxygen atoms in total. The molecule has 1 aromatic carbocycles. The van der Waals surface area contributed by atoms with Crippen LogP contribution >= 0.6 is 0 Å². The Balaban J connectivity index is 2.36. The predicted octanol–water partition coefficient (Wildman–Crippen LogP) is 7.23. The molecular weight excluding hydrogens is 380 g/mol. The van der Waals surface area contributed by atoms with Gasteiger partial charge in [-0.05, 0) is 70.9 Å². The third-order valence-electron chi connectivity index (χ3n) is 5.63. The van der Waals surface area contributed by atoms with Gasteiger partial charge in [-0.1, -0.05) is 23.8 Å². The maximum Gasteiger partial charge on any atom is 0.137 e. The van der Waals surface area contributed by atoms with Gasteiger partial charge >= 0.3 is 0 Å². The third kappa shape index (κ3) is 4.82. The van der Waals surface area contributed by atoms with E-state index >= 15 is 0 Å². The number of fused-ring (bicyclic) bond motifs is 2. The quantitative estimate of drug-likeness (QED) is 0.221. The summed E-state index contributed by atoms with van der Waals surface area (Å²) in [7, 11) is 0. The van der Waals surface area contributed by atoms with Crippen molar-refractivity contribution in [2.24, 2.45) is 4.99 Å². The second kappa shape index (κ2) is 10.3. The minimum absolute atomic E-state index is 0.752. The van der Waals surface area contributed by atoms with Crippen LogP contribution in [0.25, 0.3) is 27.9 Å². The fraction of sp³-hybridized carbons (Fsp3) is 0.321. The minimum atomic E-state index is 0.752. The predicted molar refractivity (Wildman–Crippen MR) is 135 cm³/mol. The highest BCUT2D eigenvalue weighted by atomic mass is 16.3. The van der Waals surface area contributed by atoms with Gasteiger partial charge in [-0.25, -0.2) is 0 Å². The van der Waals surface area contributed by atoms with Crippen LogP contribution in [0.1, 0.15) is 46.6 Å². The molecule has 0 spiro atoms. The van der Waals surface area contributed by atoms with Crippen LogP contribution in [0.2, 0.25) is 0 Å². The molecule has 0 radical (unpaired) electrons. The molecule has 0 aromatic heterocycles. The van der Waals surface area contributed by atoms with Gasteiger partial charge in [0.15, 0.2) is 0 Å². The van der Waals surface area contributed by atoms with E-state index in [1.165, 1.54) is 22.4 Å². The largest absolute Gasteiger partial charge is 0.456 e. The monoisotopic (exact) mass is 414 g/mol. The molecule has 1 aliphatic heterocycles. The summed E-state index contributed by atoms with van der Waals surface area (Å²) < 4.78 is 6.45. The van der Waals surface area contributed by atoms with E-state index in [4.69, 9.17) is 4.42 Å². The lowest BCUT2D eigenvalue weighted by Crippen LogP contribution is -2.21. The molecule has 162 valence electrons. The number of benzene rings is 2. The van der Waals surface area contributed by atoms with Crippen LogP contribution in [-0.4, -0.2) is 19.6 Å². The van der Waals surface area contributed by atoms with Crippen molar-refractivity contribution in [3.63, 3.8) is 0 Å². The van der Waals surface area contributed by atoms with E-state index in [1.54, 1.807) is 0 Å². The van der Waals surface area contributed by atoms with E-state index in [-0.39, 0.29) is 0 Å². The van der Waals surface area contributed by atoms with Crippen molar-refractivity contribution in [2.45, 2.75) is 41.0 Å². The number of rotatable bonds is 8. The summed E-state index contributed by atoms with van der Waals surface area (Å²) in [6.45, 7) is 17.2. The van der Waals surface area contributed by atoms with Crippen LogP contribution in [0.5, 0.6) is 0 Å². The molecule has 0 unspecified atom stereocenters. The van der Waals surface area contributed by atoms with Crippen molar-refractivity contribution >= 4 is 22.2 Å². The fourth-order valence-corrected chi connectivity index (χ4v) is 4.10. The van der Waals surface area contributed by atoms with Gasteiger partial charge in [-0.2, -0.15) is 0 Å². The molecule has 3 rings (SSSR count). The van der Waals surface area contributed by atoms with Crippen LogP contribution < -0.4 is 10.3 Å². The molecule has 0 saturated carbocycles. The first kappa shape index (κ1) is 22.6. The SMILES string of the molecule is C=CCC(C)=C/C(=C\C)c1c2ccc(=NCC)cc-2oc2cc(N(CC)CC)ccc12.